The Bertz CT molecular complexity index is 665. The van der Waals surface area contributed by atoms with E-state index in [4.69, 9.17) is 14.2 Å². The van der Waals surface area contributed by atoms with Crippen molar-refractivity contribution in [3.8, 4) is 5.75 Å². The van der Waals surface area contributed by atoms with Gasteiger partial charge in [0.1, 0.15) is 12.4 Å². The van der Waals surface area contributed by atoms with Crippen LogP contribution < -0.4 is 4.74 Å². The van der Waals surface area contributed by atoms with Gasteiger partial charge in [-0.05, 0) is 24.6 Å². The largest absolute Gasteiger partial charge is 0.489 e. The smallest absolute Gasteiger partial charge is 0.276 e. The van der Waals surface area contributed by atoms with Gasteiger partial charge >= 0.3 is 0 Å². The summed E-state index contributed by atoms with van der Waals surface area (Å²) in [6, 6.07) is 13.9. The number of nitro groups is 1. The maximum absolute atomic E-state index is 11.0. The predicted octanol–water partition coefficient (Wildman–Crippen LogP) is 3.61. The van der Waals surface area contributed by atoms with Gasteiger partial charge in [-0.15, -0.1) is 0 Å². The molecule has 0 bridgehead atoms. The maximum Gasteiger partial charge on any atom is 0.276 e. The molecule has 120 valence electrons. The van der Waals surface area contributed by atoms with Crippen LogP contribution in [0.15, 0.2) is 48.5 Å². The van der Waals surface area contributed by atoms with Crippen molar-refractivity contribution in [3.63, 3.8) is 0 Å². The molecule has 0 spiro atoms. The normalized spacial score (nSPS) is 15.3. The first kappa shape index (κ1) is 15.5. The molecule has 0 N–H and O–H groups in total. The SMILES string of the molecule is O=[N+]([O-])c1ccccc1COc1ccc(C2OCCCO2)cc1. The lowest BCUT2D eigenvalue weighted by molar-refractivity contribution is -0.385. The van der Waals surface area contributed by atoms with Crippen molar-refractivity contribution < 1.29 is 19.1 Å². The van der Waals surface area contributed by atoms with E-state index in [1.54, 1.807) is 18.2 Å². The molecule has 1 aliphatic rings. The first-order valence-corrected chi connectivity index (χ1v) is 7.42. The average molecular weight is 315 g/mol. The quantitative estimate of drug-likeness (QED) is 0.622. The molecule has 6 nitrogen and oxygen atoms in total. The van der Waals surface area contributed by atoms with E-state index in [0.717, 1.165) is 12.0 Å². The topological polar surface area (TPSA) is 70.8 Å². The van der Waals surface area contributed by atoms with Gasteiger partial charge in [-0.3, -0.25) is 10.1 Å². The van der Waals surface area contributed by atoms with Crippen molar-refractivity contribution in [1.82, 2.24) is 0 Å². The molecule has 1 aliphatic heterocycles. The van der Waals surface area contributed by atoms with Gasteiger partial charge in [-0.25, -0.2) is 0 Å². The predicted molar refractivity (Wildman–Crippen MR) is 83.1 cm³/mol. The number of para-hydroxylation sites is 1. The molecule has 1 fully saturated rings. The molecule has 23 heavy (non-hydrogen) atoms. The highest BCUT2D eigenvalue weighted by Gasteiger charge is 2.16. The second-order valence-corrected chi connectivity index (χ2v) is 5.17. The third-order valence-electron chi connectivity index (χ3n) is 3.56. The zero-order chi connectivity index (χ0) is 16.1. The fraction of sp³-hybridized carbons (Fsp3) is 0.294. The Morgan fingerprint density at radius 3 is 2.48 bits per heavy atom. The van der Waals surface area contributed by atoms with Crippen LogP contribution in [0, 0.1) is 10.1 Å². The van der Waals surface area contributed by atoms with Gasteiger partial charge in [0.2, 0.25) is 0 Å². The van der Waals surface area contributed by atoms with Crippen LogP contribution in [0.3, 0.4) is 0 Å². The minimum atomic E-state index is -0.403. The van der Waals surface area contributed by atoms with Crippen LogP contribution in [0.4, 0.5) is 5.69 Å². The summed E-state index contributed by atoms with van der Waals surface area (Å²) < 4.78 is 16.7. The van der Waals surface area contributed by atoms with Crippen LogP contribution in [0.5, 0.6) is 5.75 Å². The Morgan fingerprint density at radius 2 is 1.78 bits per heavy atom. The van der Waals surface area contributed by atoms with E-state index < -0.39 is 4.92 Å². The summed E-state index contributed by atoms with van der Waals surface area (Å²) in [6.07, 6.45) is 0.584. The lowest BCUT2D eigenvalue weighted by Crippen LogP contribution is -2.17. The van der Waals surface area contributed by atoms with Crippen LogP contribution in [0.1, 0.15) is 23.8 Å². The van der Waals surface area contributed by atoms with Gasteiger partial charge in [0.05, 0.1) is 23.7 Å². The monoisotopic (exact) mass is 315 g/mol. The van der Waals surface area contributed by atoms with Gasteiger partial charge < -0.3 is 14.2 Å². The van der Waals surface area contributed by atoms with Crippen LogP contribution >= 0.6 is 0 Å². The van der Waals surface area contributed by atoms with E-state index in [9.17, 15) is 10.1 Å². The van der Waals surface area contributed by atoms with E-state index in [2.05, 4.69) is 0 Å². The molecule has 0 radical (unpaired) electrons. The van der Waals surface area contributed by atoms with Crippen LogP contribution in [0.25, 0.3) is 0 Å². The van der Waals surface area contributed by atoms with E-state index in [-0.39, 0.29) is 18.6 Å². The fourth-order valence-corrected chi connectivity index (χ4v) is 2.37. The number of nitro benzene ring substituents is 1. The second-order valence-electron chi connectivity index (χ2n) is 5.17. The Kier molecular flexibility index (Phi) is 4.85. The van der Waals surface area contributed by atoms with Crippen molar-refractivity contribution in [3.05, 3.63) is 69.8 Å². The first-order chi connectivity index (χ1) is 11.2. The molecule has 2 aromatic rings. The summed E-state index contributed by atoms with van der Waals surface area (Å²) in [5.74, 6) is 0.641. The summed E-state index contributed by atoms with van der Waals surface area (Å²) in [7, 11) is 0. The molecule has 0 saturated carbocycles. The van der Waals surface area contributed by atoms with Crippen molar-refractivity contribution in [2.75, 3.05) is 13.2 Å². The van der Waals surface area contributed by atoms with Crippen LogP contribution in [0.2, 0.25) is 0 Å². The Labute approximate surface area is 133 Å². The summed E-state index contributed by atoms with van der Waals surface area (Å²) >= 11 is 0. The summed E-state index contributed by atoms with van der Waals surface area (Å²) in [4.78, 5) is 10.6. The van der Waals surface area contributed by atoms with Gasteiger partial charge in [0, 0.05) is 11.6 Å². The highest BCUT2D eigenvalue weighted by molar-refractivity contribution is 5.39. The van der Waals surface area contributed by atoms with Crippen molar-refractivity contribution in [2.24, 2.45) is 0 Å². The second kappa shape index (κ2) is 7.21. The zero-order valence-corrected chi connectivity index (χ0v) is 12.5. The molecule has 0 atom stereocenters. The van der Waals surface area contributed by atoms with E-state index in [1.807, 2.05) is 24.3 Å². The van der Waals surface area contributed by atoms with Gasteiger partial charge in [0.25, 0.3) is 5.69 Å². The van der Waals surface area contributed by atoms with Gasteiger partial charge in [-0.2, -0.15) is 0 Å². The molecule has 6 heteroatoms. The fourth-order valence-electron chi connectivity index (χ4n) is 2.37. The zero-order valence-electron chi connectivity index (χ0n) is 12.5. The number of rotatable bonds is 5. The number of hydrogen-bond acceptors (Lipinski definition) is 5. The van der Waals surface area contributed by atoms with Crippen LogP contribution in [-0.4, -0.2) is 18.1 Å². The van der Waals surface area contributed by atoms with Gasteiger partial charge in [-0.1, -0.05) is 24.3 Å². The third kappa shape index (κ3) is 3.85. The molecule has 2 aromatic carbocycles. The minimum absolute atomic E-state index is 0.0631. The molecular formula is C17H17NO5. The first-order valence-electron chi connectivity index (χ1n) is 7.42. The summed E-state index contributed by atoms with van der Waals surface area (Å²) in [5.41, 5.74) is 1.54. The van der Waals surface area contributed by atoms with Crippen LogP contribution in [-0.2, 0) is 16.1 Å². The molecular weight excluding hydrogens is 298 g/mol. The highest BCUT2D eigenvalue weighted by Crippen LogP contribution is 2.25. The minimum Gasteiger partial charge on any atom is -0.489 e. The molecule has 0 aliphatic carbocycles. The molecule has 1 heterocycles. The average Bonchev–Trinajstić information content (AvgIpc) is 2.61. The summed E-state index contributed by atoms with van der Waals surface area (Å²) in [6.45, 7) is 1.54. The molecule has 0 amide bonds. The van der Waals surface area contributed by atoms with E-state index >= 15 is 0 Å². The number of nitrogens with zero attached hydrogens (tertiary/aromatic N) is 1. The highest BCUT2D eigenvalue weighted by atomic mass is 16.7. The van der Waals surface area contributed by atoms with Gasteiger partial charge in [0.15, 0.2) is 6.29 Å². The van der Waals surface area contributed by atoms with E-state index in [0.29, 0.717) is 24.5 Å². The molecule has 3 rings (SSSR count). The Morgan fingerprint density at radius 1 is 1.09 bits per heavy atom. The van der Waals surface area contributed by atoms with Crippen molar-refractivity contribution in [2.45, 2.75) is 19.3 Å². The third-order valence-corrected chi connectivity index (χ3v) is 3.56. The lowest BCUT2D eigenvalue weighted by Gasteiger charge is -2.23. The van der Waals surface area contributed by atoms with Crippen molar-refractivity contribution >= 4 is 5.69 Å². The number of ether oxygens (including phenoxy) is 3. The number of hydrogen-bond donors (Lipinski definition) is 0. The van der Waals surface area contributed by atoms with E-state index in [1.165, 1.54) is 6.07 Å². The standard InChI is InChI=1S/C17H17NO5/c19-18(20)16-5-2-1-4-14(16)12-23-15-8-6-13(7-9-15)17-21-10-3-11-22-17/h1-2,4-9,17H,3,10-12H2. The Hall–Kier alpha value is -2.44. The Balaban J connectivity index is 1.64. The molecule has 1 saturated heterocycles. The molecule has 0 unspecified atom stereocenters. The summed E-state index contributed by atoms with van der Waals surface area (Å²) in [5, 5.41) is 11.0. The number of benzene rings is 2. The van der Waals surface area contributed by atoms with Crippen molar-refractivity contribution in [1.29, 1.82) is 0 Å². The molecule has 0 aromatic heterocycles. The lowest BCUT2D eigenvalue weighted by atomic mass is 10.2. The maximum atomic E-state index is 11.0.